The average Bonchev–Trinajstić information content (AvgIpc) is 2.57. The predicted molar refractivity (Wildman–Crippen MR) is 83.7 cm³/mol. The molecule has 9 nitrogen and oxygen atoms in total. The maximum absolute atomic E-state index is 11.8. The van der Waals surface area contributed by atoms with Crippen LogP contribution in [0.2, 0.25) is 0 Å². The molecular formula is C14H18N4O5. The van der Waals surface area contributed by atoms with Crippen molar-refractivity contribution < 1.29 is 24.0 Å². The van der Waals surface area contributed by atoms with E-state index in [2.05, 4.69) is 34.9 Å². The predicted octanol–water partition coefficient (Wildman–Crippen LogP) is 1.38. The standard InChI is InChI=1S/C14H18N4O5/c1-9(16-21-4)10(2)17-23-13-11(7-6-8-15-13)12(18-22-5)14(19)20-3/h6-8H,1-5H3/b16-9+,17-10+,18-12-. The van der Waals surface area contributed by atoms with E-state index in [1.807, 2.05) is 0 Å². The van der Waals surface area contributed by atoms with Gasteiger partial charge in [0.2, 0.25) is 0 Å². The molecule has 1 heterocycles. The second kappa shape index (κ2) is 9.13. The molecule has 1 aromatic heterocycles. The van der Waals surface area contributed by atoms with Crippen molar-refractivity contribution >= 4 is 23.1 Å². The van der Waals surface area contributed by atoms with Crippen molar-refractivity contribution in [1.29, 1.82) is 0 Å². The molecule has 0 unspecified atom stereocenters. The van der Waals surface area contributed by atoms with E-state index in [9.17, 15) is 4.79 Å². The second-order valence-corrected chi connectivity index (χ2v) is 4.10. The number of carbonyl (C=O) groups excluding carboxylic acids is 1. The molecule has 9 heteroatoms. The first-order valence-electron chi connectivity index (χ1n) is 6.49. The molecule has 0 N–H and O–H groups in total. The lowest BCUT2D eigenvalue weighted by Crippen LogP contribution is -2.19. The van der Waals surface area contributed by atoms with Gasteiger partial charge in [0.05, 0.1) is 12.7 Å². The summed E-state index contributed by atoms with van der Waals surface area (Å²) < 4.78 is 4.67. The van der Waals surface area contributed by atoms with E-state index in [0.717, 1.165) is 0 Å². The lowest BCUT2D eigenvalue weighted by Gasteiger charge is -2.07. The van der Waals surface area contributed by atoms with Gasteiger partial charge >= 0.3 is 5.97 Å². The highest BCUT2D eigenvalue weighted by molar-refractivity contribution is 6.43. The zero-order chi connectivity index (χ0) is 17.2. The maximum atomic E-state index is 11.8. The summed E-state index contributed by atoms with van der Waals surface area (Å²) in [6, 6.07) is 3.20. The van der Waals surface area contributed by atoms with Crippen LogP contribution >= 0.6 is 0 Å². The van der Waals surface area contributed by atoms with E-state index in [1.54, 1.807) is 26.0 Å². The molecule has 0 aliphatic rings. The van der Waals surface area contributed by atoms with Crippen molar-refractivity contribution in [2.45, 2.75) is 13.8 Å². The first-order chi connectivity index (χ1) is 11.0. The topological polar surface area (TPSA) is 104 Å². The van der Waals surface area contributed by atoms with Crippen LogP contribution in [0.25, 0.3) is 0 Å². The summed E-state index contributed by atoms with van der Waals surface area (Å²) in [6.07, 6.45) is 1.49. The van der Waals surface area contributed by atoms with Crippen molar-refractivity contribution in [3.05, 3.63) is 23.9 Å². The molecular weight excluding hydrogens is 304 g/mol. The van der Waals surface area contributed by atoms with Gasteiger partial charge in [0.15, 0.2) is 5.71 Å². The smallest absolute Gasteiger partial charge is 0.360 e. The first-order valence-corrected chi connectivity index (χ1v) is 6.49. The van der Waals surface area contributed by atoms with Gasteiger partial charge in [-0.2, -0.15) is 0 Å². The first kappa shape index (κ1) is 18.1. The molecule has 0 amide bonds. The second-order valence-electron chi connectivity index (χ2n) is 4.10. The van der Waals surface area contributed by atoms with Crippen molar-refractivity contribution in [2.24, 2.45) is 15.5 Å². The lowest BCUT2D eigenvalue weighted by atomic mass is 10.1. The van der Waals surface area contributed by atoms with Gasteiger partial charge in [-0.3, -0.25) is 0 Å². The molecule has 124 valence electrons. The summed E-state index contributed by atoms with van der Waals surface area (Å²) in [6.45, 7) is 3.39. The van der Waals surface area contributed by atoms with Gasteiger partial charge in [0.25, 0.3) is 5.88 Å². The molecule has 1 aromatic rings. The van der Waals surface area contributed by atoms with E-state index < -0.39 is 5.97 Å². The number of hydrogen-bond donors (Lipinski definition) is 0. The Balaban J connectivity index is 3.15. The fourth-order valence-corrected chi connectivity index (χ4v) is 1.41. The van der Waals surface area contributed by atoms with Gasteiger partial charge < -0.3 is 19.2 Å². The van der Waals surface area contributed by atoms with Crippen molar-refractivity contribution in [2.75, 3.05) is 21.3 Å². The minimum Gasteiger partial charge on any atom is -0.464 e. The summed E-state index contributed by atoms with van der Waals surface area (Å²) in [7, 11) is 3.97. The lowest BCUT2D eigenvalue weighted by molar-refractivity contribution is -0.132. The molecule has 0 aromatic carbocycles. The summed E-state index contributed by atoms with van der Waals surface area (Å²) in [5.41, 5.74) is 1.20. The highest BCUT2D eigenvalue weighted by atomic mass is 16.6. The number of carbonyl (C=O) groups is 1. The van der Waals surface area contributed by atoms with Crippen molar-refractivity contribution in [3.8, 4) is 5.88 Å². The molecule has 0 saturated carbocycles. The monoisotopic (exact) mass is 322 g/mol. The Kier molecular flexibility index (Phi) is 7.18. The highest BCUT2D eigenvalue weighted by Crippen LogP contribution is 2.17. The Bertz CT molecular complexity index is 640. The molecule has 23 heavy (non-hydrogen) atoms. The maximum Gasteiger partial charge on any atom is 0.360 e. The van der Waals surface area contributed by atoms with Gasteiger partial charge in [0, 0.05) is 6.20 Å². The van der Waals surface area contributed by atoms with E-state index in [4.69, 9.17) is 4.84 Å². The van der Waals surface area contributed by atoms with Crippen LogP contribution < -0.4 is 4.84 Å². The van der Waals surface area contributed by atoms with Gasteiger partial charge in [-0.05, 0) is 26.0 Å². The molecule has 0 bridgehead atoms. The Labute approximate surface area is 133 Å². The van der Waals surface area contributed by atoms with Gasteiger partial charge in [-0.15, -0.1) is 0 Å². The van der Waals surface area contributed by atoms with Crippen LogP contribution in [-0.2, 0) is 19.2 Å². The summed E-state index contributed by atoms with van der Waals surface area (Å²) >= 11 is 0. The number of esters is 1. The van der Waals surface area contributed by atoms with Crippen LogP contribution in [0.5, 0.6) is 5.88 Å². The van der Waals surface area contributed by atoms with Gasteiger partial charge in [0.1, 0.15) is 25.6 Å². The fourth-order valence-electron chi connectivity index (χ4n) is 1.41. The number of oxime groups is 3. The zero-order valence-electron chi connectivity index (χ0n) is 13.6. The number of aromatic nitrogens is 1. The fraction of sp³-hybridized carbons (Fsp3) is 0.357. The van der Waals surface area contributed by atoms with Gasteiger partial charge in [-0.1, -0.05) is 15.5 Å². The Morgan fingerprint density at radius 2 is 1.70 bits per heavy atom. The van der Waals surface area contributed by atoms with Crippen molar-refractivity contribution in [1.82, 2.24) is 4.98 Å². The molecule has 0 radical (unpaired) electrons. The Morgan fingerprint density at radius 3 is 2.30 bits per heavy atom. The third-order valence-electron chi connectivity index (χ3n) is 2.61. The molecule has 0 spiro atoms. The quantitative estimate of drug-likeness (QED) is 0.427. The van der Waals surface area contributed by atoms with E-state index in [0.29, 0.717) is 11.4 Å². The van der Waals surface area contributed by atoms with Crippen LogP contribution in [-0.4, -0.2) is 49.4 Å². The summed E-state index contributed by atoms with van der Waals surface area (Å²) in [5.74, 6) is -0.624. The number of ether oxygens (including phenoxy) is 1. The van der Waals surface area contributed by atoms with Crippen LogP contribution in [0.1, 0.15) is 19.4 Å². The molecule has 0 aliphatic heterocycles. The zero-order valence-corrected chi connectivity index (χ0v) is 13.6. The molecule has 0 aliphatic carbocycles. The Morgan fingerprint density at radius 1 is 1.04 bits per heavy atom. The third-order valence-corrected chi connectivity index (χ3v) is 2.61. The van der Waals surface area contributed by atoms with Crippen LogP contribution in [0.4, 0.5) is 0 Å². The van der Waals surface area contributed by atoms with Crippen molar-refractivity contribution in [3.63, 3.8) is 0 Å². The molecule has 0 saturated heterocycles. The molecule has 1 rings (SSSR count). The van der Waals surface area contributed by atoms with E-state index in [-0.39, 0.29) is 17.2 Å². The molecule has 0 atom stereocenters. The number of methoxy groups -OCH3 is 1. The largest absolute Gasteiger partial charge is 0.464 e. The van der Waals surface area contributed by atoms with Crippen LogP contribution in [0, 0.1) is 0 Å². The summed E-state index contributed by atoms with van der Waals surface area (Å²) in [5, 5.41) is 11.3. The van der Waals surface area contributed by atoms with Gasteiger partial charge in [-0.25, -0.2) is 9.78 Å². The summed E-state index contributed by atoms with van der Waals surface area (Å²) in [4.78, 5) is 30.4. The van der Waals surface area contributed by atoms with E-state index in [1.165, 1.54) is 27.5 Å². The number of rotatable bonds is 7. The highest BCUT2D eigenvalue weighted by Gasteiger charge is 2.21. The number of pyridine rings is 1. The third kappa shape index (κ3) is 5.06. The Hall–Kier alpha value is -2.97. The normalized spacial score (nSPS) is 12.7. The minimum atomic E-state index is -0.692. The minimum absolute atomic E-state index is 0.0678. The number of nitrogens with zero attached hydrogens (tertiary/aromatic N) is 4. The molecule has 0 fully saturated rings. The van der Waals surface area contributed by atoms with Crippen LogP contribution in [0.3, 0.4) is 0 Å². The van der Waals surface area contributed by atoms with E-state index >= 15 is 0 Å². The average molecular weight is 322 g/mol. The SMILES string of the molecule is CO/N=C(\C(=O)OC)c1cccnc1O/N=C(C)/C(C)=N/OC. The number of hydrogen-bond acceptors (Lipinski definition) is 9. The van der Waals surface area contributed by atoms with Crippen LogP contribution in [0.15, 0.2) is 33.8 Å².